The highest BCUT2D eigenvalue weighted by molar-refractivity contribution is 5.95. The maximum Gasteiger partial charge on any atom is 0.326 e. The van der Waals surface area contributed by atoms with Crippen LogP contribution in [0.4, 0.5) is 0 Å². The minimum absolute atomic E-state index is 0.202. The van der Waals surface area contributed by atoms with Crippen LogP contribution < -0.4 is 0 Å². The van der Waals surface area contributed by atoms with Gasteiger partial charge in [0.2, 0.25) is 0 Å². The predicted molar refractivity (Wildman–Crippen MR) is 74.6 cm³/mol. The number of aryl methyl sites for hydroxylation is 1. The minimum Gasteiger partial charge on any atom is -0.480 e. The molecule has 0 saturated carbocycles. The molecule has 1 fully saturated rings. The number of nitrogens with zero attached hydrogens (tertiary/aromatic N) is 3. The average Bonchev–Trinajstić information content (AvgIpc) is 2.83. The Morgan fingerprint density at radius 3 is 2.60 bits per heavy atom. The molecule has 0 aliphatic carbocycles. The fraction of sp³-hybridized carbons (Fsp3) is 0.571. The van der Waals surface area contributed by atoms with Gasteiger partial charge in [0.25, 0.3) is 5.91 Å². The van der Waals surface area contributed by atoms with Crippen molar-refractivity contribution in [1.82, 2.24) is 14.4 Å². The van der Waals surface area contributed by atoms with Gasteiger partial charge in [0.15, 0.2) is 0 Å². The van der Waals surface area contributed by atoms with Crippen LogP contribution in [0.5, 0.6) is 0 Å². The second kappa shape index (κ2) is 5.66. The van der Waals surface area contributed by atoms with Gasteiger partial charge in [0.1, 0.15) is 11.7 Å². The number of hydrogen-bond acceptors (Lipinski definition) is 3. The Morgan fingerprint density at radius 1 is 1.40 bits per heavy atom. The molecular weight excluding hydrogens is 258 g/mol. The molecule has 0 aromatic carbocycles. The van der Waals surface area contributed by atoms with E-state index in [-0.39, 0.29) is 11.9 Å². The fourth-order valence-electron chi connectivity index (χ4n) is 2.72. The van der Waals surface area contributed by atoms with E-state index in [4.69, 9.17) is 0 Å². The van der Waals surface area contributed by atoms with E-state index in [1.54, 1.807) is 29.9 Å². The highest BCUT2D eigenvalue weighted by Gasteiger charge is 2.37. The lowest BCUT2D eigenvalue weighted by Gasteiger charge is -2.39. The standard InChI is InChI=1S/C14H21N3O3/c1-15(2)10-6-8-17(12(9-10)14(19)20)13(18)11-5-4-7-16(11)3/h4-5,7,10,12H,6,8-9H2,1-3H3,(H,19,20)/t10-,12+/m0/s1. The molecule has 1 aliphatic rings. The molecule has 1 amide bonds. The molecule has 1 saturated heterocycles. The summed E-state index contributed by atoms with van der Waals surface area (Å²) < 4.78 is 1.72. The fourth-order valence-corrected chi connectivity index (χ4v) is 2.72. The zero-order valence-corrected chi connectivity index (χ0v) is 12.1. The molecular formula is C14H21N3O3. The number of aromatic nitrogens is 1. The summed E-state index contributed by atoms with van der Waals surface area (Å²) in [6, 6.07) is 2.96. The molecule has 1 aromatic rings. The van der Waals surface area contributed by atoms with Gasteiger partial charge in [-0.15, -0.1) is 0 Å². The van der Waals surface area contributed by atoms with Crippen molar-refractivity contribution in [3.05, 3.63) is 24.0 Å². The van der Waals surface area contributed by atoms with Crippen LogP contribution in [0.2, 0.25) is 0 Å². The first-order valence-electron chi connectivity index (χ1n) is 6.73. The van der Waals surface area contributed by atoms with Crippen LogP contribution in [0.15, 0.2) is 18.3 Å². The Kier molecular flexibility index (Phi) is 4.13. The van der Waals surface area contributed by atoms with Crippen molar-refractivity contribution < 1.29 is 14.7 Å². The van der Waals surface area contributed by atoms with Crippen molar-refractivity contribution in [3.63, 3.8) is 0 Å². The van der Waals surface area contributed by atoms with Gasteiger partial charge in [-0.3, -0.25) is 4.79 Å². The molecule has 2 heterocycles. The van der Waals surface area contributed by atoms with Gasteiger partial charge in [-0.05, 0) is 39.1 Å². The Hall–Kier alpha value is -1.82. The summed E-state index contributed by atoms with van der Waals surface area (Å²) >= 11 is 0. The maximum atomic E-state index is 12.5. The predicted octanol–water partition coefficient (Wildman–Crippen LogP) is 0.644. The number of carbonyl (C=O) groups is 2. The lowest BCUT2D eigenvalue weighted by atomic mass is 9.96. The molecule has 2 rings (SSSR count). The monoisotopic (exact) mass is 279 g/mol. The van der Waals surface area contributed by atoms with Gasteiger partial charge >= 0.3 is 5.97 Å². The van der Waals surface area contributed by atoms with E-state index in [0.717, 1.165) is 6.42 Å². The molecule has 1 aromatic heterocycles. The summed E-state index contributed by atoms with van der Waals surface area (Å²) in [5.74, 6) is -1.14. The van der Waals surface area contributed by atoms with Crippen LogP contribution in [-0.4, -0.2) is 64.1 Å². The normalized spacial score (nSPS) is 23.1. The smallest absolute Gasteiger partial charge is 0.326 e. The van der Waals surface area contributed by atoms with Crippen molar-refractivity contribution >= 4 is 11.9 Å². The largest absolute Gasteiger partial charge is 0.480 e. The average molecular weight is 279 g/mol. The first kappa shape index (κ1) is 14.6. The van der Waals surface area contributed by atoms with Crippen LogP contribution in [-0.2, 0) is 11.8 Å². The number of aliphatic carboxylic acids is 1. The topological polar surface area (TPSA) is 65.8 Å². The van der Waals surface area contributed by atoms with E-state index in [2.05, 4.69) is 0 Å². The number of amides is 1. The van der Waals surface area contributed by atoms with Gasteiger partial charge in [-0.1, -0.05) is 0 Å². The Labute approximate surface area is 118 Å². The molecule has 2 atom stereocenters. The SMILES string of the molecule is CN(C)[C@H]1CCN(C(=O)c2cccn2C)[C@@H](C(=O)O)C1. The van der Waals surface area contributed by atoms with E-state index >= 15 is 0 Å². The number of rotatable bonds is 3. The molecule has 0 spiro atoms. The van der Waals surface area contributed by atoms with Crippen LogP contribution >= 0.6 is 0 Å². The van der Waals surface area contributed by atoms with E-state index in [0.29, 0.717) is 18.7 Å². The zero-order chi connectivity index (χ0) is 14.9. The highest BCUT2D eigenvalue weighted by atomic mass is 16.4. The van der Waals surface area contributed by atoms with E-state index in [1.807, 2.05) is 19.0 Å². The Bertz CT molecular complexity index is 510. The van der Waals surface area contributed by atoms with E-state index < -0.39 is 12.0 Å². The lowest BCUT2D eigenvalue weighted by Crippen LogP contribution is -2.54. The summed E-state index contributed by atoms with van der Waals surface area (Å²) in [5, 5.41) is 9.40. The maximum absolute atomic E-state index is 12.5. The quantitative estimate of drug-likeness (QED) is 0.882. The summed E-state index contributed by atoms with van der Waals surface area (Å²) in [7, 11) is 5.67. The number of likely N-dealkylation sites (tertiary alicyclic amines) is 1. The van der Waals surface area contributed by atoms with Gasteiger partial charge in [-0.2, -0.15) is 0 Å². The molecule has 20 heavy (non-hydrogen) atoms. The first-order valence-corrected chi connectivity index (χ1v) is 6.73. The Morgan fingerprint density at radius 2 is 2.10 bits per heavy atom. The Balaban J connectivity index is 2.20. The number of hydrogen-bond donors (Lipinski definition) is 1. The number of carbonyl (C=O) groups excluding carboxylic acids is 1. The third-order valence-corrected chi connectivity index (χ3v) is 4.01. The molecule has 110 valence electrons. The third-order valence-electron chi connectivity index (χ3n) is 4.01. The van der Waals surface area contributed by atoms with E-state index in [1.165, 1.54) is 4.90 Å². The van der Waals surface area contributed by atoms with Crippen molar-refractivity contribution in [3.8, 4) is 0 Å². The molecule has 0 bridgehead atoms. The third kappa shape index (κ3) is 2.70. The summed E-state index contributed by atoms with van der Waals surface area (Å²) in [6.45, 7) is 0.476. The molecule has 1 aliphatic heterocycles. The summed E-state index contributed by atoms with van der Waals surface area (Å²) in [6.07, 6.45) is 3.06. The molecule has 6 nitrogen and oxygen atoms in total. The van der Waals surface area contributed by atoms with Crippen molar-refractivity contribution in [2.24, 2.45) is 7.05 Å². The van der Waals surface area contributed by atoms with Crippen LogP contribution in [0.25, 0.3) is 0 Å². The minimum atomic E-state index is -0.931. The van der Waals surface area contributed by atoms with Crippen LogP contribution in [0, 0.1) is 0 Å². The zero-order valence-electron chi connectivity index (χ0n) is 12.1. The summed E-state index contributed by atoms with van der Waals surface area (Å²) in [5.41, 5.74) is 0.527. The van der Waals surface area contributed by atoms with Gasteiger partial charge < -0.3 is 19.5 Å². The van der Waals surface area contributed by atoms with Crippen LogP contribution in [0.1, 0.15) is 23.3 Å². The van der Waals surface area contributed by atoms with Crippen molar-refractivity contribution in [1.29, 1.82) is 0 Å². The van der Waals surface area contributed by atoms with E-state index in [9.17, 15) is 14.7 Å². The molecule has 0 radical (unpaired) electrons. The van der Waals surface area contributed by atoms with Gasteiger partial charge in [0.05, 0.1) is 0 Å². The van der Waals surface area contributed by atoms with Gasteiger partial charge in [-0.25, -0.2) is 4.79 Å². The van der Waals surface area contributed by atoms with Crippen molar-refractivity contribution in [2.45, 2.75) is 24.9 Å². The van der Waals surface area contributed by atoms with Crippen molar-refractivity contribution in [2.75, 3.05) is 20.6 Å². The van der Waals surface area contributed by atoms with Gasteiger partial charge in [0, 0.05) is 25.8 Å². The summed E-state index contributed by atoms with van der Waals surface area (Å²) in [4.78, 5) is 27.5. The number of carboxylic acid groups (broad SMARTS) is 1. The first-order chi connectivity index (χ1) is 9.41. The van der Waals surface area contributed by atoms with Crippen LogP contribution in [0.3, 0.4) is 0 Å². The highest BCUT2D eigenvalue weighted by Crippen LogP contribution is 2.23. The molecule has 0 unspecified atom stereocenters. The molecule has 6 heteroatoms. The molecule has 1 N–H and O–H groups in total. The number of carboxylic acids is 1. The second-order valence-electron chi connectivity index (χ2n) is 5.50. The lowest BCUT2D eigenvalue weighted by molar-refractivity contribution is -0.144. The number of piperidine rings is 1. The second-order valence-corrected chi connectivity index (χ2v) is 5.50.